The Hall–Kier alpha value is -3.39. The van der Waals surface area contributed by atoms with Crippen molar-refractivity contribution in [1.82, 2.24) is 9.97 Å². The van der Waals surface area contributed by atoms with Crippen molar-refractivity contribution in [3.05, 3.63) is 59.9 Å². The molecule has 0 radical (unpaired) electrons. The first-order valence-corrected chi connectivity index (χ1v) is 7.41. The van der Waals surface area contributed by atoms with Gasteiger partial charge in [0, 0.05) is 23.0 Å². The van der Waals surface area contributed by atoms with Crippen molar-refractivity contribution >= 4 is 5.82 Å². The van der Waals surface area contributed by atoms with Gasteiger partial charge in [-0.25, -0.2) is 4.98 Å². The van der Waals surface area contributed by atoms with Gasteiger partial charge in [0.2, 0.25) is 0 Å². The number of nitrogen functional groups attached to an aromatic ring is 1. The fourth-order valence-corrected chi connectivity index (χ4v) is 2.72. The molecule has 0 aliphatic rings. The van der Waals surface area contributed by atoms with Gasteiger partial charge >= 0.3 is 0 Å². The Balaban J connectivity index is 2.34. The van der Waals surface area contributed by atoms with E-state index in [-0.39, 0.29) is 5.82 Å². The summed E-state index contributed by atoms with van der Waals surface area (Å²) in [4.78, 5) is 8.75. The normalized spacial score (nSPS) is 10.2. The van der Waals surface area contributed by atoms with E-state index in [1.165, 1.54) is 0 Å². The average Bonchev–Trinajstić information content (AvgIpc) is 2.62. The largest absolute Gasteiger partial charge is 0.497 e. The molecule has 0 bridgehead atoms. The van der Waals surface area contributed by atoms with Crippen LogP contribution in [0.15, 0.2) is 48.7 Å². The molecule has 0 atom stereocenters. The smallest absolute Gasteiger partial charge is 0.142 e. The van der Waals surface area contributed by atoms with Crippen LogP contribution in [-0.2, 0) is 0 Å². The van der Waals surface area contributed by atoms with E-state index in [1.54, 1.807) is 13.3 Å². The standard InChI is InChI=1S/C19H16N4O/c1-12-17(13-6-8-14(24-2)9-7-13)18(15(11-20)19(21)23-12)16-5-3-4-10-22-16/h3-10H,1-2H3,(H2,21,23). The number of aryl methyl sites for hydroxylation is 1. The van der Waals surface area contributed by atoms with Crippen LogP contribution in [0.2, 0.25) is 0 Å². The molecule has 2 aromatic heterocycles. The van der Waals surface area contributed by atoms with Crippen LogP contribution in [0.1, 0.15) is 11.3 Å². The van der Waals surface area contributed by atoms with Crippen LogP contribution in [0.5, 0.6) is 5.75 Å². The molecule has 1 aromatic carbocycles. The zero-order valence-corrected chi connectivity index (χ0v) is 13.4. The maximum atomic E-state index is 9.59. The minimum atomic E-state index is 0.216. The van der Waals surface area contributed by atoms with E-state index < -0.39 is 0 Å². The number of hydrogen-bond acceptors (Lipinski definition) is 5. The molecule has 0 fully saturated rings. The fraction of sp³-hybridized carbons (Fsp3) is 0.105. The molecule has 3 aromatic rings. The predicted octanol–water partition coefficient (Wildman–Crippen LogP) is 3.58. The molecular formula is C19H16N4O. The summed E-state index contributed by atoms with van der Waals surface area (Å²) in [6.45, 7) is 1.88. The molecular weight excluding hydrogens is 300 g/mol. The molecule has 0 saturated heterocycles. The highest BCUT2D eigenvalue weighted by Gasteiger charge is 2.20. The van der Waals surface area contributed by atoms with Crippen molar-refractivity contribution in [1.29, 1.82) is 5.26 Å². The number of methoxy groups -OCH3 is 1. The summed E-state index contributed by atoms with van der Waals surface area (Å²) in [6.07, 6.45) is 1.69. The monoisotopic (exact) mass is 316 g/mol. The Morgan fingerprint density at radius 2 is 1.83 bits per heavy atom. The second-order valence-electron chi connectivity index (χ2n) is 5.26. The molecule has 2 N–H and O–H groups in total. The van der Waals surface area contributed by atoms with E-state index in [0.29, 0.717) is 16.8 Å². The minimum Gasteiger partial charge on any atom is -0.497 e. The number of benzene rings is 1. The van der Waals surface area contributed by atoms with Crippen molar-refractivity contribution in [3.63, 3.8) is 0 Å². The molecule has 24 heavy (non-hydrogen) atoms. The highest BCUT2D eigenvalue weighted by Crippen LogP contribution is 2.38. The first-order chi connectivity index (χ1) is 11.7. The zero-order chi connectivity index (χ0) is 17.1. The van der Waals surface area contributed by atoms with Gasteiger partial charge in [0.15, 0.2) is 0 Å². The summed E-state index contributed by atoms with van der Waals surface area (Å²) in [5.74, 6) is 0.979. The van der Waals surface area contributed by atoms with Gasteiger partial charge in [0.25, 0.3) is 0 Å². The predicted molar refractivity (Wildman–Crippen MR) is 93.3 cm³/mol. The molecule has 0 spiro atoms. The van der Waals surface area contributed by atoms with E-state index in [2.05, 4.69) is 16.0 Å². The van der Waals surface area contributed by atoms with Crippen LogP contribution in [0.4, 0.5) is 5.82 Å². The van der Waals surface area contributed by atoms with Crippen LogP contribution in [0.3, 0.4) is 0 Å². The summed E-state index contributed by atoms with van der Waals surface area (Å²) < 4.78 is 5.21. The number of pyridine rings is 2. The topological polar surface area (TPSA) is 84.8 Å². The van der Waals surface area contributed by atoms with Crippen LogP contribution in [0.25, 0.3) is 22.4 Å². The SMILES string of the molecule is COc1ccc(-c2c(C)nc(N)c(C#N)c2-c2ccccn2)cc1. The average molecular weight is 316 g/mol. The number of nitrogens with zero attached hydrogens (tertiary/aromatic N) is 3. The van der Waals surface area contributed by atoms with Crippen molar-refractivity contribution in [3.8, 4) is 34.2 Å². The van der Waals surface area contributed by atoms with E-state index in [9.17, 15) is 5.26 Å². The fourth-order valence-electron chi connectivity index (χ4n) is 2.72. The zero-order valence-electron chi connectivity index (χ0n) is 13.4. The molecule has 118 valence electrons. The minimum absolute atomic E-state index is 0.216. The van der Waals surface area contributed by atoms with Gasteiger partial charge in [-0.2, -0.15) is 5.26 Å². The number of aromatic nitrogens is 2. The third-order valence-electron chi connectivity index (χ3n) is 3.82. The Morgan fingerprint density at radius 1 is 1.08 bits per heavy atom. The van der Waals surface area contributed by atoms with Crippen molar-refractivity contribution in [2.75, 3.05) is 12.8 Å². The van der Waals surface area contributed by atoms with E-state index >= 15 is 0 Å². The summed E-state index contributed by atoms with van der Waals surface area (Å²) in [5, 5.41) is 9.59. The lowest BCUT2D eigenvalue weighted by molar-refractivity contribution is 0.415. The molecule has 3 rings (SSSR count). The molecule has 5 nitrogen and oxygen atoms in total. The number of nitriles is 1. The number of anilines is 1. The molecule has 2 heterocycles. The number of nitrogens with two attached hydrogens (primary N) is 1. The maximum Gasteiger partial charge on any atom is 0.142 e. The van der Waals surface area contributed by atoms with Crippen molar-refractivity contribution < 1.29 is 4.74 Å². The van der Waals surface area contributed by atoms with E-state index in [1.807, 2.05) is 49.4 Å². The quantitative estimate of drug-likeness (QED) is 0.798. The second-order valence-corrected chi connectivity index (χ2v) is 5.26. The summed E-state index contributed by atoms with van der Waals surface area (Å²) >= 11 is 0. The first-order valence-electron chi connectivity index (χ1n) is 7.41. The Labute approximate surface area is 140 Å². The van der Waals surface area contributed by atoms with Gasteiger partial charge in [-0.15, -0.1) is 0 Å². The lowest BCUT2D eigenvalue weighted by Crippen LogP contribution is -2.04. The second kappa shape index (κ2) is 6.39. The van der Waals surface area contributed by atoms with Gasteiger partial charge in [-0.3, -0.25) is 4.98 Å². The van der Waals surface area contributed by atoms with Crippen molar-refractivity contribution in [2.24, 2.45) is 0 Å². The lowest BCUT2D eigenvalue weighted by atomic mass is 9.92. The van der Waals surface area contributed by atoms with Gasteiger partial charge < -0.3 is 10.5 Å². The van der Waals surface area contributed by atoms with Gasteiger partial charge in [0.1, 0.15) is 23.2 Å². The van der Waals surface area contributed by atoms with Crippen LogP contribution >= 0.6 is 0 Å². The highest BCUT2D eigenvalue weighted by atomic mass is 16.5. The summed E-state index contributed by atoms with van der Waals surface area (Å²) in [6, 6.07) is 15.4. The van der Waals surface area contributed by atoms with E-state index in [4.69, 9.17) is 10.5 Å². The van der Waals surface area contributed by atoms with Crippen molar-refractivity contribution in [2.45, 2.75) is 6.92 Å². The first kappa shape index (κ1) is 15.5. The highest BCUT2D eigenvalue weighted by molar-refractivity contribution is 5.89. The Kier molecular flexibility index (Phi) is 4.13. The van der Waals surface area contributed by atoms with Crippen LogP contribution in [-0.4, -0.2) is 17.1 Å². The number of ether oxygens (including phenoxy) is 1. The lowest BCUT2D eigenvalue weighted by Gasteiger charge is -2.15. The molecule has 0 aliphatic carbocycles. The number of hydrogen-bond donors (Lipinski definition) is 1. The van der Waals surface area contributed by atoms with Gasteiger partial charge in [0.05, 0.1) is 12.8 Å². The maximum absolute atomic E-state index is 9.59. The molecule has 0 unspecified atom stereocenters. The molecule has 5 heteroatoms. The summed E-state index contributed by atoms with van der Waals surface area (Å²) in [7, 11) is 1.62. The molecule has 0 aliphatic heterocycles. The van der Waals surface area contributed by atoms with Crippen LogP contribution in [0, 0.1) is 18.3 Å². The van der Waals surface area contributed by atoms with Gasteiger partial charge in [-0.05, 0) is 36.8 Å². The molecule has 0 saturated carbocycles. The Morgan fingerprint density at radius 3 is 2.42 bits per heavy atom. The Bertz CT molecular complexity index is 913. The third-order valence-corrected chi connectivity index (χ3v) is 3.82. The molecule has 0 amide bonds. The number of rotatable bonds is 3. The van der Waals surface area contributed by atoms with E-state index in [0.717, 1.165) is 22.6 Å². The third kappa shape index (κ3) is 2.66. The summed E-state index contributed by atoms with van der Waals surface area (Å²) in [5.41, 5.74) is 10.2. The van der Waals surface area contributed by atoms with Crippen LogP contribution < -0.4 is 10.5 Å². The van der Waals surface area contributed by atoms with Gasteiger partial charge in [-0.1, -0.05) is 18.2 Å².